The summed E-state index contributed by atoms with van der Waals surface area (Å²) in [6.07, 6.45) is 2.94. The zero-order valence-electron chi connectivity index (χ0n) is 16.8. The van der Waals surface area contributed by atoms with Crippen molar-refractivity contribution < 1.29 is 22.8 Å². The summed E-state index contributed by atoms with van der Waals surface area (Å²) in [6, 6.07) is 1.38. The number of imidazole rings is 1. The van der Waals surface area contributed by atoms with E-state index in [1.807, 2.05) is 4.90 Å². The number of nitrogens with zero attached hydrogens (tertiary/aromatic N) is 4. The van der Waals surface area contributed by atoms with Crippen LogP contribution in [0.5, 0.6) is 0 Å². The smallest absolute Gasteiger partial charge is 0.336 e. The van der Waals surface area contributed by atoms with E-state index in [2.05, 4.69) is 20.9 Å². The molecule has 2 aliphatic carbocycles. The Kier molecular flexibility index (Phi) is 5.02. The SMILES string of the molecule is O=C(c1nc2c(C(F)(F)F)cc(C3CC3)cn2c1Br)N1CCN(C2CCCC2)C(=O)C1. The van der Waals surface area contributed by atoms with Gasteiger partial charge < -0.3 is 9.80 Å². The first-order chi connectivity index (χ1) is 14.7. The van der Waals surface area contributed by atoms with Crippen molar-refractivity contribution in [3.05, 3.63) is 33.7 Å². The molecule has 2 aromatic rings. The summed E-state index contributed by atoms with van der Waals surface area (Å²) in [5.74, 6) is -0.533. The molecule has 5 rings (SSSR count). The number of rotatable bonds is 3. The molecule has 1 aliphatic heterocycles. The average molecular weight is 499 g/mol. The van der Waals surface area contributed by atoms with Crippen molar-refractivity contribution >= 4 is 33.4 Å². The van der Waals surface area contributed by atoms with E-state index in [0.29, 0.717) is 18.7 Å². The Morgan fingerprint density at radius 3 is 2.45 bits per heavy atom. The minimum Gasteiger partial charge on any atom is -0.336 e. The Bertz CT molecular complexity index is 1060. The Hall–Kier alpha value is -2.10. The van der Waals surface area contributed by atoms with E-state index in [4.69, 9.17) is 0 Å². The number of amides is 2. The first kappa shape index (κ1) is 20.8. The van der Waals surface area contributed by atoms with Gasteiger partial charge in [-0.25, -0.2) is 4.98 Å². The van der Waals surface area contributed by atoms with Crippen molar-refractivity contribution in [3.8, 4) is 0 Å². The summed E-state index contributed by atoms with van der Waals surface area (Å²) in [5, 5.41) is 0. The van der Waals surface area contributed by atoms with Crippen LogP contribution in [0.25, 0.3) is 5.65 Å². The highest BCUT2D eigenvalue weighted by Crippen LogP contribution is 2.43. The molecule has 2 amide bonds. The summed E-state index contributed by atoms with van der Waals surface area (Å²) in [7, 11) is 0. The summed E-state index contributed by atoms with van der Waals surface area (Å²) >= 11 is 3.29. The van der Waals surface area contributed by atoms with Crippen molar-refractivity contribution in [2.75, 3.05) is 19.6 Å². The Labute approximate surface area is 185 Å². The van der Waals surface area contributed by atoms with Crippen molar-refractivity contribution in [3.63, 3.8) is 0 Å². The van der Waals surface area contributed by atoms with E-state index in [0.717, 1.165) is 44.6 Å². The van der Waals surface area contributed by atoms with Crippen molar-refractivity contribution in [1.29, 1.82) is 0 Å². The van der Waals surface area contributed by atoms with Gasteiger partial charge in [-0.2, -0.15) is 13.2 Å². The highest BCUT2D eigenvalue weighted by atomic mass is 79.9. The lowest BCUT2D eigenvalue weighted by atomic mass is 10.1. The average Bonchev–Trinajstić information content (AvgIpc) is 3.33. The van der Waals surface area contributed by atoms with Crippen molar-refractivity contribution in [2.24, 2.45) is 0 Å². The predicted molar refractivity (Wildman–Crippen MR) is 110 cm³/mol. The molecule has 31 heavy (non-hydrogen) atoms. The van der Waals surface area contributed by atoms with Gasteiger partial charge in [-0.15, -0.1) is 0 Å². The van der Waals surface area contributed by atoms with Gasteiger partial charge in [0, 0.05) is 25.3 Å². The van der Waals surface area contributed by atoms with Crippen LogP contribution < -0.4 is 0 Å². The molecule has 2 aromatic heterocycles. The Morgan fingerprint density at radius 1 is 1.13 bits per heavy atom. The summed E-state index contributed by atoms with van der Waals surface area (Å²) in [6.45, 7) is 0.718. The van der Waals surface area contributed by atoms with Crippen LogP contribution in [0, 0.1) is 0 Å². The molecule has 0 aromatic carbocycles. The van der Waals surface area contributed by atoms with Crippen molar-refractivity contribution in [2.45, 2.75) is 56.7 Å². The minimum atomic E-state index is -4.58. The van der Waals surface area contributed by atoms with Crippen LogP contribution in [0.3, 0.4) is 0 Å². The molecule has 3 aliphatic rings. The third-order valence-electron chi connectivity index (χ3n) is 6.55. The molecule has 6 nitrogen and oxygen atoms in total. The monoisotopic (exact) mass is 498 g/mol. The maximum Gasteiger partial charge on any atom is 0.419 e. The van der Waals surface area contributed by atoms with Gasteiger partial charge in [0.1, 0.15) is 11.1 Å². The summed E-state index contributed by atoms with van der Waals surface area (Å²) in [4.78, 5) is 33.1. The normalized spacial score (nSPS) is 20.8. The zero-order chi connectivity index (χ0) is 21.9. The number of fused-ring (bicyclic) bond motifs is 1. The number of carbonyl (C=O) groups is 2. The highest BCUT2D eigenvalue weighted by Gasteiger charge is 2.39. The molecule has 0 radical (unpaired) electrons. The number of aromatic nitrogens is 2. The van der Waals surface area contributed by atoms with E-state index < -0.39 is 17.6 Å². The van der Waals surface area contributed by atoms with Gasteiger partial charge in [0.25, 0.3) is 5.91 Å². The van der Waals surface area contributed by atoms with Gasteiger partial charge in [-0.3, -0.25) is 14.0 Å². The molecule has 10 heteroatoms. The van der Waals surface area contributed by atoms with Crippen LogP contribution >= 0.6 is 15.9 Å². The van der Waals surface area contributed by atoms with Gasteiger partial charge in [-0.05, 0) is 59.2 Å². The standard InChI is InChI=1S/C21H22BrF3N4O2/c22-18-17(20(31)27-7-8-28(16(30)11-27)14-3-1-2-4-14)26-19-15(21(23,24)25)9-13(10-29(18)19)12-5-6-12/h9-10,12,14H,1-8,11H2. The highest BCUT2D eigenvalue weighted by molar-refractivity contribution is 9.10. The number of alkyl halides is 3. The second kappa shape index (κ2) is 7.50. The molecule has 0 unspecified atom stereocenters. The molecule has 3 fully saturated rings. The summed E-state index contributed by atoms with van der Waals surface area (Å²) in [5.41, 5.74) is -0.653. The fraction of sp³-hybridized carbons (Fsp3) is 0.571. The number of hydrogen-bond donors (Lipinski definition) is 0. The van der Waals surface area contributed by atoms with E-state index in [9.17, 15) is 22.8 Å². The lowest BCUT2D eigenvalue weighted by Gasteiger charge is -2.37. The van der Waals surface area contributed by atoms with E-state index in [1.54, 1.807) is 6.20 Å². The first-order valence-corrected chi connectivity index (χ1v) is 11.4. The second-order valence-corrected chi connectivity index (χ2v) is 9.41. The largest absolute Gasteiger partial charge is 0.419 e. The quantitative estimate of drug-likeness (QED) is 0.636. The number of hydrogen-bond acceptors (Lipinski definition) is 3. The molecule has 166 valence electrons. The molecular formula is C21H22BrF3N4O2. The molecule has 0 atom stereocenters. The zero-order valence-corrected chi connectivity index (χ0v) is 18.4. The van der Waals surface area contributed by atoms with Gasteiger partial charge in [0.15, 0.2) is 11.3 Å². The topological polar surface area (TPSA) is 57.9 Å². The number of piperazine rings is 1. The van der Waals surface area contributed by atoms with Crippen molar-refractivity contribution in [1.82, 2.24) is 19.2 Å². The predicted octanol–water partition coefficient (Wildman–Crippen LogP) is 4.22. The number of carbonyl (C=O) groups excluding carboxylic acids is 2. The van der Waals surface area contributed by atoms with Gasteiger partial charge in [0.2, 0.25) is 5.91 Å². The molecule has 3 heterocycles. The van der Waals surface area contributed by atoms with Gasteiger partial charge >= 0.3 is 6.18 Å². The summed E-state index contributed by atoms with van der Waals surface area (Å²) < 4.78 is 42.6. The van der Waals surface area contributed by atoms with Crippen LogP contribution in [0.1, 0.15) is 66.1 Å². The Morgan fingerprint density at radius 2 is 1.84 bits per heavy atom. The van der Waals surface area contributed by atoms with Crippen LogP contribution in [-0.2, 0) is 11.0 Å². The molecule has 2 saturated carbocycles. The molecule has 0 spiro atoms. The third kappa shape index (κ3) is 3.72. The fourth-order valence-corrected chi connectivity index (χ4v) is 5.26. The first-order valence-electron chi connectivity index (χ1n) is 10.6. The minimum absolute atomic E-state index is 0.0743. The lowest BCUT2D eigenvalue weighted by molar-refractivity contribution is -0.137. The maximum atomic E-state index is 13.7. The van der Waals surface area contributed by atoms with Gasteiger partial charge in [-0.1, -0.05) is 12.8 Å². The van der Waals surface area contributed by atoms with Gasteiger partial charge in [0.05, 0.1) is 5.56 Å². The molecule has 0 bridgehead atoms. The fourth-order valence-electron chi connectivity index (χ4n) is 4.73. The van der Waals surface area contributed by atoms with Crippen LogP contribution in [0.15, 0.2) is 16.9 Å². The van der Waals surface area contributed by atoms with Crippen LogP contribution in [0.4, 0.5) is 13.2 Å². The van der Waals surface area contributed by atoms with Crippen LogP contribution in [0.2, 0.25) is 0 Å². The van der Waals surface area contributed by atoms with E-state index >= 15 is 0 Å². The molecule has 1 saturated heterocycles. The molecular weight excluding hydrogens is 477 g/mol. The second-order valence-electron chi connectivity index (χ2n) is 8.66. The molecule has 0 N–H and O–H groups in total. The number of pyridine rings is 1. The van der Waals surface area contributed by atoms with Crippen LogP contribution in [-0.4, -0.2) is 56.7 Å². The Balaban J connectivity index is 1.45. The lowest BCUT2D eigenvalue weighted by Crippen LogP contribution is -2.55. The maximum absolute atomic E-state index is 13.7. The van der Waals surface area contributed by atoms with E-state index in [-0.39, 0.29) is 40.4 Å². The number of halogens is 4. The third-order valence-corrected chi connectivity index (χ3v) is 7.31. The van der Waals surface area contributed by atoms with E-state index in [1.165, 1.54) is 9.30 Å².